The van der Waals surface area contributed by atoms with Gasteiger partial charge in [0.1, 0.15) is 6.54 Å². The van der Waals surface area contributed by atoms with E-state index in [0.29, 0.717) is 29.1 Å². The van der Waals surface area contributed by atoms with Gasteiger partial charge in [0.05, 0.1) is 0 Å². The van der Waals surface area contributed by atoms with Gasteiger partial charge >= 0.3 is 17.8 Å². The Kier molecular flexibility index (Phi) is 6.64. The lowest BCUT2D eigenvalue weighted by molar-refractivity contribution is -0.143. The van der Waals surface area contributed by atoms with Gasteiger partial charge in [-0.1, -0.05) is 19.4 Å². The van der Waals surface area contributed by atoms with Crippen molar-refractivity contribution < 1.29 is 24.0 Å². The molecule has 9 heteroatoms. The van der Waals surface area contributed by atoms with Crippen LogP contribution in [0.3, 0.4) is 0 Å². The van der Waals surface area contributed by atoms with Crippen LogP contribution < -0.4 is 10.6 Å². The highest BCUT2D eigenvalue weighted by Crippen LogP contribution is 2.14. The lowest BCUT2D eigenvalue weighted by Gasteiger charge is -2.15. The molecule has 2 N–H and O–H groups in total. The average Bonchev–Trinajstić information content (AvgIpc) is 2.84. The molecule has 1 aromatic rings. The number of benzene rings is 1. The molecule has 0 aromatic heterocycles. The molecule has 1 saturated heterocycles. The minimum absolute atomic E-state index is 0.145. The van der Waals surface area contributed by atoms with Gasteiger partial charge in [-0.3, -0.25) is 24.1 Å². The predicted molar refractivity (Wildman–Crippen MR) is 96.8 cm³/mol. The number of unbranched alkanes of at least 4 members (excludes halogenated alkanes) is 1. The molecule has 0 unspecified atom stereocenters. The van der Waals surface area contributed by atoms with E-state index in [1.54, 1.807) is 25.1 Å². The Bertz CT molecular complexity index is 777. The van der Waals surface area contributed by atoms with Crippen LogP contribution in [0.2, 0.25) is 0 Å². The Morgan fingerprint density at radius 2 is 1.74 bits per heavy atom. The van der Waals surface area contributed by atoms with E-state index in [9.17, 15) is 24.0 Å². The monoisotopic (exact) mass is 374 g/mol. The number of hydrogen-bond acceptors (Lipinski definition) is 5. The van der Waals surface area contributed by atoms with Crippen molar-refractivity contribution in [2.45, 2.75) is 26.7 Å². The largest absolute Gasteiger partial charge is 0.352 e. The first-order chi connectivity index (χ1) is 12.9. The molecule has 0 atom stereocenters. The van der Waals surface area contributed by atoms with Gasteiger partial charge < -0.3 is 10.6 Å². The number of nitrogens with one attached hydrogen (secondary N) is 2. The topological polar surface area (TPSA) is 116 Å². The van der Waals surface area contributed by atoms with E-state index in [0.717, 1.165) is 11.3 Å². The summed E-state index contributed by atoms with van der Waals surface area (Å²) < 4.78 is 0. The predicted octanol–water partition coefficient (Wildman–Crippen LogP) is 0.966. The number of nitrogens with zero attached hydrogens (tertiary/aromatic N) is 2. The standard InChI is InChI=1S/C18H22N4O5/c1-3-5-9-21-16(25)17(26)22(18(21)27)11-14(23)20-13-8-6-7-12(10-13)15(24)19-4-2/h6-8,10H,3-5,9,11H2,1-2H3,(H,19,24)(H,20,23). The van der Waals surface area contributed by atoms with Gasteiger partial charge in [-0.15, -0.1) is 0 Å². The van der Waals surface area contributed by atoms with Crippen molar-refractivity contribution in [3.8, 4) is 0 Å². The van der Waals surface area contributed by atoms with Crippen LogP contribution in [-0.2, 0) is 14.4 Å². The summed E-state index contributed by atoms with van der Waals surface area (Å²) >= 11 is 0. The number of hydrogen-bond donors (Lipinski definition) is 2. The molecule has 0 radical (unpaired) electrons. The van der Waals surface area contributed by atoms with E-state index in [1.165, 1.54) is 6.07 Å². The van der Waals surface area contributed by atoms with Gasteiger partial charge in [0.25, 0.3) is 5.91 Å². The lowest BCUT2D eigenvalue weighted by atomic mass is 10.2. The van der Waals surface area contributed by atoms with E-state index in [1.807, 2.05) is 6.92 Å². The third-order valence-electron chi connectivity index (χ3n) is 3.92. The van der Waals surface area contributed by atoms with Crippen molar-refractivity contribution in [1.29, 1.82) is 0 Å². The average molecular weight is 374 g/mol. The van der Waals surface area contributed by atoms with Crippen LogP contribution in [0.25, 0.3) is 0 Å². The van der Waals surface area contributed by atoms with Gasteiger partial charge in [-0.05, 0) is 31.5 Å². The van der Waals surface area contributed by atoms with Crippen molar-refractivity contribution in [1.82, 2.24) is 15.1 Å². The number of imide groups is 2. The maximum Gasteiger partial charge on any atom is 0.334 e. The highest BCUT2D eigenvalue weighted by Gasteiger charge is 2.44. The summed E-state index contributed by atoms with van der Waals surface area (Å²) in [5, 5.41) is 5.17. The van der Waals surface area contributed by atoms with Crippen LogP contribution in [0.5, 0.6) is 0 Å². The summed E-state index contributed by atoms with van der Waals surface area (Å²) in [4.78, 5) is 61.6. The van der Waals surface area contributed by atoms with Crippen molar-refractivity contribution in [3.05, 3.63) is 29.8 Å². The maximum absolute atomic E-state index is 12.2. The van der Waals surface area contributed by atoms with Gasteiger partial charge in [0.15, 0.2) is 0 Å². The zero-order chi connectivity index (χ0) is 20.0. The molecule has 9 nitrogen and oxygen atoms in total. The molecule has 0 spiro atoms. The van der Waals surface area contributed by atoms with Gasteiger partial charge in [0, 0.05) is 24.3 Å². The molecule has 1 heterocycles. The lowest BCUT2D eigenvalue weighted by Crippen LogP contribution is -2.39. The van der Waals surface area contributed by atoms with Crippen LogP contribution in [0.4, 0.5) is 10.5 Å². The molecule has 2 rings (SSSR count). The third-order valence-corrected chi connectivity index (χ3v) is 3.92. The number of carbonyl (C=O) groups excluding carboxylic acids is 5. The number of amides is 6. The Morgan fingerprint density at radius 3 is 2.41 bits per heavy atom. The van der Waals surface area contributed by atoms with Crippen LogP contribution in [0, 0.1) is 0 Å². The fourth-order valence-electron chi connectivity index (χ4n) is 2.55. The quantitative estimate of drug-likeness (QED) is 0.519. The molecule has 0 aliphatic carbocycles. The third kappa shape index (κ3) is 4.69. The number of rotatable bonds is 8. The minimum Gasteiger partial charge on any atom is -0.352 e. The first-order valence-electron chi connectivity index (χ1n) is 8.74. The summed E-state index contributed by atoms with van der Waals surface area (Å²) in [5.74, 6) is -2.85. The zero-order valence-corrected chi connectivity index (χ0v) is 15.3. The summed E-state index contributed by atoms with van der Waals surface area (Å²) in [6.07, 6.45) is 1.34. The van der Waals surface area contributed by atoms with Crippen LogP contribution in [0.15, 0.2) is 24.3 Å². The van der Waals surface area contributed by atoms with Crippen LogP contribution in [-0.4, -0.2) is 59.1 Å². The van der Waals surface area contributed by atoms with Gasteiger partial charge in [-0.25, -0.2) is 9.69 Å². The summed E-state index contributed by atoms with van der Waals surface area (Å²) in [6.45, 7) is 3.73. The fraction of sp³-hybridized carbons (Fsp3) is 0.389. The number of urea groups is 1. The molecule has 6 amide bonds. The van der Waals surface area contributed by atoms with Crippen LogP contribution >= 0.6 is 0 Å². The fourth-order valence-corrected chi connectivity index (χ4v) is 2.55. The Labute approximate surface area is 156 Å². The second-order valence-electron chi connectivity index (χ2n) is 5.97. The first-order valence-corrected chi connectivity index (χ1v) is 8.74. The molecule has 0 bridgehead atoms. The normalized spacial score (nSPS) is 13.9. The van der Waals surface area contributed by atoms with E-state index >= 15 is 0 Å². The molecule has 1 aliphatic heterocycles. The summed E-state index contributed by atoms with van der Waals surface area (Å²) in [7, 11) is 0. The first kappa shape index (κ1) is 20.1. The SMILES string of the molecule is CCCCN1C(=O)C(=O)N(CC(=O)Nc2cccc(C(=O)NCC)c2)C1=O. The van der Waals surface area contributed by atoms with E-state index in [4.69, 9.17) is 0 Å². The highest BCUT2D eigenvalue weighted by molar-refractivity contribution is 6.45. The van der Waals surface area contributed by atoms with E-state index < -0.39 is 30.3 Å². The van der Waals surface area contributed by atoms with Crippen LogP contribution in [0.1, 0.15) is 37.0 Å². The second kappa shape index (κ2) is 8.93. The van der Waals surface area contributed by atoms with Crippen molar-refractivity contribution >= 4 is 35.3 Å². The second-order valence-corrected chi connectivity index (χ2v) is 5.97. The molecule has 144 valence electrons. The summed E-state index contributed by atoms with van der Waals surface area (Å²) in [5.41, 5.74) is 0.709. The molecule has 0 saturated carbocycles. The van der Waals surface area contributed by atoms with Gasteiger partial charge in [-0.2, -0.15) is 0 Å². The Balaban J connectivity index is 2.02. The molecular formula is C18H22N4O5. The number of carbonyl (C=O) groups is 5. The van der Waals surface area contributed by atoms with Crippen molar-refractivity contribution in [2.24, 2.45) is 0 Å². The molecular weight excluding hydrogens is 352 g/mol. The minimum atomic E-state index is -1.01. The zero-order valence-electron chi connectivity index (χ0n) is 15.3. The molecule has 27 heavy (non-hydrogen) atoms. The van der Waals surface area contributed by atoms with E-state index in [-0.39, 0.29) is 12.5 Å². The van der Waals surface area contributed by atoms with E-state index in [2.05, 4.69) is 10.6 Å². The Hall–Kier alpha value is -3.23. The molecule has 1 aliphatic rings. The smallest absolute Gasteiger partial charge is 0.334 e. The Morgan fingerprint density at radius 1 is 1.04 bits per heavy atom. The van der Waals surface area contributed by atoms with Crippen molar-refractivity contribution in [2.75, 3.05) is 25.0 Å². The van der Waals surface area contributed by atoms with Crippen molar-refractivity contribution in [3.63, 3.8) is 0 Å². The highest BCUT2D eigenvalue weighted by atomic mass is 16.2. The number of anilines is 1. The van der Waals surface area contributed by atoms with Gasteiger partial charge in [0.2, 0.25) is 5.91 Å². The molecule has 1 fully saturated rings. The maximum atomic E-state index is 12.2. The molecule has 1 aromatic carbocycles. The summed E-state index contributed by atoms with van der Waals surface area (Å²) in [6, 6.07) is 5.47.